The molecule has 0 aliphatic heterocycles. The molecule has 0 fully saturated rings. The molecule has 6 nitrogen and oxygen atoms in total. The highest BCUT2D eigenvalue weighted by Crippen LogP contribution is 2.34. The number of fused-ring (bicyclic) bond motifs is 1. The van der Waals surface area contributed by atoms with Crippen molar-refractivity contribution < 1.29 is 9.59 Å². The number of nitrogens with one attached hydrogen (secondary N) is 2. The van der Waals surface area contributed by atoms with Gasteiger partial charge in [-0.1, -0.05) is 17.8 Å². The Morgan fingerprint density at radius 1 is 1.22 bits per heavy atom. The van der Waals surface area contributed by atoms with Crippen LogP contribution in [0.5, 0.6) is 0 Å². The van der Waals surface area contributed by atoms with E-state index in [0.717, 1.165) is 20.8 Å². The Morgan fingerprint density at radius 3 is 2.81 bits per heavy atom. The summed E-state index contributed by atoms with van der Waals surface area (Å²) in [7, 11) is 0. The molecule has 0 spiro atoms. The first-order valence-electron chi connectivity index (χ1n) is 8.51. The second-order valence-corrected chi connectivity index (χ2v) is 8.09. The van der Waals surface area contributed by atoms with Crippen molar-refractivity contribution in [3.05, 3.63) is 46.6 Å². The maximum absolute atomic E-state index is 12.3. The number of carbonyl (C=O) groups is 2. The first-order chi connectivity index (χ1) is 13.0. The third-order valence-corrected chi connectivity index (χ3v) is 6.12. The van der Waals surface area contributed by atoms with Gasteiger partial charge in [0, 0.05) is 28.1 Å². The predicted octanol–water partition coefficient (Wildman–Crippen LogP) is 3.79. The highest BCUT2D eigenvalue weighted by molar-refractivity contribution is 8.00. The predicted molar refractivity (Wildman–Crippen MR) is 111 cm³/mol. The number of aromatic nitrogens is 2. The third-order valence-electron chi connectivity index (χ3n) is 4.02. The van der Waals surface area contributed by atoms with Gasteiger partial charge in [0.25, 0.3) is 5.91 Å². The second-order valence-electron chi connectivity index (χ2n) is 5.92. The first kappa shape index (κ1) is 19.3. The minimum atomic E-state index is -0.158. The maximum Gasteiger partial charge on any atom is 0.251 e. The number of aryl methyl sites for hydroxylation is 2. The number of benzene rings is 1. The quantitative estimate of drug-likeness (QED) is 0.486. The molecule has 3 rings (SSSR count). The molecule has 140 valence electrons. The van der Waals surface area contributed by atoms with E-state index in [4.69, 9.17) is 0 Å². The summed E-state index contributed by atoms with van der Waals surface area (Å²) in [6.07, 6.45) is 1.54. The third kappa shape index (κ3) is 4.45. The molecule has 1 aromatic carbocycles. The van der Waals surface area contributed by atoms with Crippen LogP contribution in [0.15, 0.2) is 35.6 Å². The van der Waals surface area contributed by atoms with Gasteiger partial charge in [0.15, 0.2) is 0 Å². The van der Waals surface area contributed by atoms with Gasteiger partial charge in [-0.05, 0) is 44.5 Å². The fourth-order valence-corrected chi connectivity index (χ4v) is 4.51. The van der Waals surface area contributed by atoms with Crippen LogP contribution in [0.2, 0.25) is 0 Å². The summed E-state index contributed by atoms with van der Waals surface area (Å²) in [6.45, 7) is 6.53. The largest absolute Gasteiger partial charge is 0.352 e. The van der Waals surface area contributed by atoms with Gasteiger partial charge in [-0.3, -0.25) is 9.59 Å². The van der Waals surface area contributed by atoms with Crippen molar-refractivity contribution in [1.82, 2.24) is 15.3 Å². The van der Waals surface area contributed by atoms with Crippen LogP contribution in [0.25, 0.3) is 10.2 Å². The monoisotopic (exact) mass is 400 g/mol. The molecule has 2 aromatic heterocycles. The molecule has 8 heteroatoms. The molecule has 27 heavy (non-hydrogen) atoms. The molecular formula is C19H20N4O2S2. The minimum Gasteiger partial charge on any atom is -0.352 e. The summed E-state index contributed by atoms with van der Waals surface area (Å²) >= 11 is 3.02. The lowest BCUT2D eigenvalue weighted by Gasteiger charge is -2.08. The average Bonchev–Trinajstić information content (AvgIpc) is 2.95. The molecule has 3 aromatic rings. The Balaban J connectivity index is 1.67. The lowest BCUT2D eigenvalue weighted by atomic mass is 10.2. The van der Waals surface area contributed by atoms with E-state index in [0.29, 0.717) is 17.8 Å². The van der Waals surface area contributed by atoms with Crippen molar-refractivity contribution in [2.24, 2.45) is 0 Å². The van der Waals surface area contributed by atoms with E-state index in [9.17, 15) is 9.59 Å². The molecule has 2 heterocycles. The molecule has 2 N–H and O–H groups in total. The number of hydrogen-bond acceptors (Lipinski definition) is 6. The summed E-state index contributed by atoms with van der Waals surface area (Å²) in [4.78, 5) is 35.1. The molecule has 0 radical (unpaired) electrons. The highest BCUT2D eigenvalue weighted by atomic mass is 32.2. The number of hydrogen-bond donors (Lipinski definition) is 2. The van der Waals surface area contributed by atoms with Crippen LogP contribution in [0, 0.1) is 13.8 Å². The molecule has 0 atom stereocenters. The van der Waals surface area contributed by atoms with Gasteiger partial charge in [-0.2, -0.15) is 0 Å². The minimum absolute atomic E-state index is 0.149. The Hall–Kier alpha value is -2.45. The van der Waals surface area contributed by atoms with Crippen molar-refractivity contribution in [2.45, 2.75) is 25.8 Å². The van der Waals surface area contributed by atoms with E-state index in [1.165, 1.54) is 23.0 Å². The SMILES string of the molecule is CCNC(=O)c1cccc(NC(=O)CSc2ncnc3sc(C)c(C)c23)c1. The Kier molecular flexibility index (Phi) is 6.08. The first-order valence-corrected chi connectivity index (χ1v) is 10.3. The summed E-state index contributed by atoms with van der Waals surface area (Å²) in [6, 6.07) is 6.90. The highest BCUT2D eigenvalue weighted by Gasteiger charge is 2.14. The fourth-order valence-electron chi connectivity index (χ4n) is 2.59. The van der Waals surface area contributed by atoms with E-state index in [2.05, 4.69) is 34.4 Å². The summed E-state index contributed by atoms with van der Waals surface area (Å²) in [5.41, 5.74) is 2.28. The molecule has 0 bridgehead atoms. The van der Waals surface area contributed by atoms with E-state index in [-0.39, 0.29) is 17.6 Å². The smallest absolute Gasteiger partial charge is 0.251 e. The van der Waals surface area contributed by atoms with Crippen molar-refractivity contribution in [2.75, 3.05) is 17.6 Å². The number of amides is 2. The van der Waals surface area contributed by atoms with Crippen LogP contribution in [-0.4, -0.2) is 34.1 Å². The summed E-state index contributed by atoms with van der Waals surface area (Å²) in [5, 5.41) is 7.42. The molecule has 0 aliphatic rings. The van der Waals surface area contributed by atoms with Crippen LogP contribution >= 0.6 is 23.1 Å². The van der Waals surface area contributed by atoms with Crippen LogP contribution in [0.4, 0.5) is 5.69 Å². The average molecular weight is 401 g/mol. The number of thiophene rings is 1. The van der Waals surface area contributed by atoms with Gasteiger partial charge in [0.1, 0.15) is 16.2 Å². The Bertz CT molecular complexity index is 1000. The van der Waals surface area contributed by atoms with E-state index >= 15 is 0 Å². The van der Waals surface area contributed by atoms with Gasteiger partial charge in [0.05, 0.1) is 5.75 Å². The number of rotatable bonds is 6. The Morgan fingerprint density at radius 2 is 2.04 bits per heavy atom. The zero-order valence-corrected chi connectivity index (χ0v) is 17.0. The van der Waals surface area contributed by atoms with Crippen molar-refractivity contribution >= 4 is 50.8 Å². The molecule has 0 saturated heterocycles. The van der Waals surface area contributed by atoms with Gasteiger partial charge >= 0.3 is 0 Å². The number of anilines is 1. The van der Waals surface area contributed by atoms with Crippen LogP contribution in [0.3, 0.4) is 0 Å². The van der Waals surface area contributed by atoms with E-state index in [1.807, 2.05) is 6.92 Å². The van der Waals surface area contributed by atoms with Gasteiger partial charge in [-0.15, -0.1) is 11.3 Å². The van der Waals surface area contributed by atoms with Gasteiger partial charge in [0.2, 0.25) is 5.91 Å². The standard InChI is InChI=1S/C19H20N4O2S2/c1-4-20-17(25)13-6-5-7-14(8-13)23-15(24)9-26-18-16-11(2)12(3)27-19(16)22-10-21-18/h5-8,10H,4,9H2,1-3H3,(H,20,25)(H,23,24). The molecule has 2 amide bonds. The number of thioether (sulfide) groups is 1. The topological polar surface area (TPSA) is 84.0 Å². The van der Waals surface area contributed by atoms with Gasteiger partial charge < -0.3 is 10.6 Å². The molecule has 0 saturated carbocycles. The van der Waals surface area contributed by atoms with E-state index in [1.54, 1.807) is 35.6 Å². The number of carbonyl (C=O) groups excluding carboxylic acids is 2. The summed E-state index contributed by atoms with van der Waals surface area (Å²) in [5.74, 6) is -0.0784. The zero-order valence-electron chi connectivity index (χ0n) is 15.3. The molecule has 0 unspecified atom stereocenters. The molecular weight excluding hydrogens is 380 g/mol. The normalized spacial score (nSPS) is 10.8. The Labute approximate surface area is 165 Å². The lowest BCUT2D eigenvalue weighted by molar-refractivity contribution is -0.113. The zero-order chi connectivity index (χ0) is 19.4. The second kappa shape index (κ2) is 8.49. The van der Waals surface area contributed by atoms with Crippen LogP contribution in [0.1, 0.15) is 27.7 Å². The molecule has 0 aliphatic carbocycles. The van der Waals surface area contributed by atoms with Crippen LogP contribution < -0.4 is 10.6 Å². The summed E-state index contributed by atoms with van der Waals surface area (Å²) < 4.78 is 0. The van der Waals surface area contributed by atoms with E-state index < -0.39 is 0 Å². The number of nitrogens with zero attached hydrogens (tertiary/aromatic N) is 2. The van der Waals surface area contributed by atoms with Crippen LogP contribution in [-0.2, 0) is 4.79 Å². The van der Waals surface area contributed by atoms with Crippen molar-refractivity contribution in [3.8, 4) is 0 Å². The van der Waals surface area contributed by atoms with Gasteiger partial charge in [-0.25, -0.2) is 9.97 Å². The fraction of sp³-hybridized carbons (Fsp3) is 0.263. The maximum atomic E-state index is 12.3. The van der Waals surface area contributed by atoms with Crippen molar-refractivity contribution in [1.29, 1.82) is 0 Å². The lowest BCUT2D eigenvalue weighted by Crippen LogP contribution is -2.23. The van der Waals surface area contributed by atoms with Crippen molar-refractivity contribution in [3.63, 3.8) is 0 Å².